The molecule has 0 radical (unpaired) electrons. The maximum Gasteiger partial charge on any atom is 0.132 e. The van der Waals surface area contributed by atoms with Gasteiger partial charge in [0.25, 0.3) is 0 Å². The van der Waals surface area contributed by atoms with Crippen LogP contribution in [-0.2, 0) is 4.79 Å². The molecule has 0 aromatic rings. The summed E-state index contributed by atoms with van der Waals surface area (Å²) >= 11 is 0. The smallest absolute Gasteiger partial charge is 0.132 e. The van der Waals surface area contributed by atoms with E-state index in [1.807, 2.05) is 0 Å². The Balaban J connectivity index is 3.14. The molecule has 0 saturated heterocycles. The molecule has 0 aliphatic heterocycles. The van der Waals surface area contributed by atoms with Crippen molar-refractivity contribution >= 4 is 5.78 Å². The maximum absolute atomic E-state index is 12.1. The van der Waals surface area contributed by atoms with E-state index in [1.54, 1.807) is 0 Å². The molecule has 234 valence electrons. The molecular formula is C38H76O. The number of rotatable bonds is 35. The third-order valence-electron chi connectivity index (χ3n) is 8.87. The first-order valence-corrected chi connectivity index (χ1v) is 18.8. The van der Waals surface area contributed by atoms with E-state index < -0.39 is 0 Å². The number of unbranched alkanes of at least 4 members (excludes halogenated alkanes) is 31. The Morgan fingerprint density at radius 1 is 0.256 bits per heavy atom. The minimum atomic E-state index is 0.529. The van der Waals surface area contributed by atoms with Gasteiger partial charge in [0.15, 0.2) is 0 Å². The van der Waals surface area contributed by atoms with Crippen molar-refractivity contribution in [1.82, 2.24) is 0 Å². The van der Waals surface area contributed by atoms with Crippen molar-refractivity contribution in [2.45, 2.75) is 239 Å². The van der Waals surface area contributed by atoms with Gasteiger partial charge >= 0.3 is 0 Å². The van der Waals surface area contributed by atoms with Gasteiger partial charge in [-0.15, -0.1) is 0 Å². The van der Waals surface area contributed by atoms with Gasteiger partial charge in [0, 0.05) is 12.8 Å². The van der Waals surface area contributed by atoms with Crippen LogP contribution in [0.25, 0.3) is 0 Å². The Morgan fingerprint density at radius 2 is 0.410 bits per heavy atom. The van der Waals surface area contributed by atoms with Gasteiger partial charge in [0.05, 0.1) is 0 Å². The highest BCUT2D eigenvalue weighted by molar-refractivity contribution is 5.78. The molecule has 0 rings (SSSR count). The molecule has 0 atom stereocenters. The van der Waals surface area contributed by atoms with Crippen molar-refractivity contribution in [3.05, 3.63) is 0 Å². The van der Waals surface area contributed by atoms with E-state index in [0.29, 0.717) is 5.78 Å². The lowest BCUT2D eigenvalue weighted by Gasteiger charge is -2.04. The minimum Gasteiger partial charge on any atom is -0.300 e. The highest BCUT2D eigenvalue weighted by Crippen LogP contribution is 2.16. The number of hydrogen-bond donors (Lipinski definition) is 0. The lowest BCUT2D eigenvalue weighted by atomic mass is 10.0. The number of carbonyl (C=O) groups excluding carboxylic acids is 1. The van der Waals surface area contributed by atoms with E-state index in [-0.39, 0.29) is 0 Å². The zero-order valence-corrected chi connectivity index (χ0v) is 27.7. The topological polar surface area (TPSA) is 17.1 Å². The lowest BCUT2D eigenvalue weighted by molar-refractivity contribution is -0.119. The van der Waals surface area contributed by atoms with Crippen LogP contribution in [0.15, 0.2) is 0 Å². The van der Waals surface area contributed by atoms with Crippen LogP contribution in [0.2, 0.25) is 0 Å². The van der Waals surface area contributed by atoms with Crippen LogP contribution in [0.5, 0.6) is 0 Å². The third kappa shape index (κ3) is 35.6. The molecule has 0 spiro atoms. The van der Waals surface area contributed by atoms with E-state index in [9.17, 15) is 4.79 Å². The van der Waals surface area contributed by atoms with E-state index in [2.05, 4.69) is 13.8 Å². The summed E-state index contributed by atoms with van der Waals surface area (Å²) in [7, 11) is 0. The Labute approximate surface area is 248 Å². The Hall–Kier alpha value is -0.330. The fourth-order valence-corrected chi connectivity index (χ4v) is 6.04. The van der Waals surface area contributed by atoms with E-state index >= 15 is 0 Å². The minimum absolute atomic E-state index is 0.529. The zero-order valence-electron chi connectivity index (χ0n) is 27.7. The second-order valence-corrected chi connectivity index (χ2v) is 13.0. The molecule has 0 fully saturated rings. The van der Waals surface area contributed by atoms with Gasteiger partial charge in [0.2, 0.25) is 0 Å². The van der Waals surface area contributed by atoms with Crippen molar-refractivity contribution in [1.29, 1.82) is 0 Å². The predicted octanol–water partition coefficient (Wildman–Crippen LogP) is 14.2. The second-order valence-electron chi connectivity index (χ2n) is 13.0. The SMILES string of the molecule is CCCCCCCCCCCCCCCCCCCCC(=O)CCCCCCCCCCCCCCCCC. The van der Waals surface area contributed by atoms with Crippen molar-refractivity contribution in [3.63, 3.8) is 0 Å². The molecule has 0 amide bonds. The quantitative estimate of drug-likeness (QED) is 0.0720. The monoisotopic (exact) mass is 549 g/mol. The first-order valence-electron chi connectivity index (χ1n) is 18.8. The zero-order chi connectivity index (χ0) is 28.3. The summed E-state index contributed by atoms with van der Waals surface area (Å²) in [6, 6.07) is 0. The van der Waals surface area contributed by atoms with Crippen LogP contribution in [0, 0.1) is 0 Å². The number of ketones is 1. The van der Waals surface area contributed by atoms with Gasteiger partial charge in [-0.25, -0.2) is 0 Å². The summed E-state index contributed by atoms with van der Waals surface area (Å²) in [5, 5.41) is 0. The molecule has 0 bridgehead atoms. The van der Waals surface area contributed by atoms with Gasteiger partial charge in [-0.1, -0.05) is 213 Å². The standard InChI is InChI=1S/C38H76O/c1-3-5-7-9-11-13-15-17-19-20-21-23-25-27-29-31-33-35-37-38(39)36-34-32-30-28-26-24-22-18-16-14-12-10-8-6-4-2/h3-37H2,1-2H3. The first kappa shape index (κ1) is 38.7. The summed E-state index contributed by atoms with van der Waals surface area (Å²) < 4.78 is 0. The number of Topliss-reactive ketones (excluding diaryl/α,β-unsaturated/α-hetero) is 1. The molecule has 0 aliphatic carbocycles. The third-order valence-corrected chi connectivity index (χ3v) is 8.87. The molecular weight excluding hydrogens is 472 g/mol. The fraction of sp³-hybridized carbons (Fsp3) is 0.974. The van der Waals surface area contributed by atoms with E-state index in [4.69, 9.17) is 0 Å². The second kappa shape index (κ2) is 35.7. The molecule has 0 unspecified atom stereocenters. The van der Waals surface area contributed by atoms with Crippen molar-refractivity contribution < 1.29 is 4.79 Å². The molecule has 0 heterocycles. The highest BCUT2D eigenvalue weighted by Gasteiger charge is 2.02. The highest BCUT2D eigenvalue weighted by atomic mass is 16.1. The fourth-order valence-electron chi connectivity index (χ4n) is 6.04. The molecule has 1 heteroatoms. The average Bonchev–Trinajstić information content (AvgIpc) is 2.94. The Bertz CT molecular complexity index is 442. The van der Waals surface area contributed by atoms with Gasteiger partial charge < -0.3 is 0 Å². The molecule has 39 heavy (non-hydrogen) atoms. The number of hydrogen-bond acceptors (Lipinski definition) is 1. The predicted molar refractivity (Wildman–Crippen MR) is 178 cm³/mol. The molecule has 0 aliphatic rings. The van der Waals surface area contributed by atoms with E-state index in [1.165, 1.54) is 199 Å². The van der Waals surface area contributed by atoms with Crippen LogP contribution in [0.4, 0.5) is 0 Å². The molecule has 0 N–H and O–H groups in total. The van der Waals surface area contributed by atoms with Crippen LogP contribution < -0.4 is 0 Å². The summed E-state index contributed by atoms with van der Waals surface area (Å²) in [6.07, 6.45) is 47.9. The van der Waals surface area contributed by atoms with Crippen LogP contribution in [0.1, 0.15) is 239 Å². The largest absolute Gasteiger partial charge is 0.300 e. The van der Waals surface area contributed by atoms with Gasteiger partial charge in [-0.2, -0.15) is 0 Å². The summed E-state index contributed by atoms with van der Waals surface area (Å²) in [6.45, 7) is 4.59. The summed E-state index contributed by atoms with van der Waals surface area (Å²) in [5.41, 5.74) is 0. The van der Waals surface area contributed by atoms with Crippen LogP contribution >= 0.6 is 0 Å². The molecule has 0 saturated carbocycles. The summed E-state index contributed by atoms with van der Waals surface area (Å²) in [4.78, 5) is 12.1. The van der Waals surface area contributed by atoms with Crippen molar-refractivity contribution in [3.8, 4) is 0 Å². The van der Waals surface area contributed by atoms with E-state index in [0.717, 1.165) is 25.7 Å². The lowest BCUT2D eigenvalue weighted by Crippen LogP contribution is -1.97. The molecule has 0 aromatic heterocycles. The Kier molecular flexibility index (Phi) is 35.4. The normalized spacial score (nSPS) is 11.4. The van der Waals surface area contributed by atoms with Gasteiger partial charge in [0.1, 0.15) is 5.78 Å². The number of carbonyl (C=O) groups is 1. The Morgan fingerprint density at radius 3 is 0.590 bits per heavy atom. The first-order chi connectivity index (χ1) is 19.3. The van der Waals surface area contributed by atoms with Crippen molar-refractivity contribution in [2.24, 2.45) is 0 Å². The average molecular weight is 549 g/mol. The maximum atomic E-state index is 12.1. The van der Waals surface area contributed by atoms with Crippen LogP contribution in [0.3, 0.4) is 0 Å². The van der Waals surface area contributed by atoms with Gasteiger partial charge in [-0.3, -0.25) is 4.79 Å². The van der Waals surface area contributed by atoms with Gasteiger partial charge in [-0.05, 0) is 12.8 Å². The molecule has 1 nitrogen and oxygen atoms in total. The van der Waals surface area contributed by atoms with Crippen molar-refractivity contribution in [2.75, 3.05) is 0 Å². The molecule has 0 aromatic carbocycles. The van der Waals surface area contributed by atoms with Crippen LogP contribution in [-0.4, -0.2) is 5.78 Å². The summed E-state index contributed by atoms with van der Waals surface area (Å²) in [5.74, 6) is 0.529.